The largest absolute Gasteiger partial charge is 0.431 e. The van der Waals surface area contributed by atoms with Gasteiger partial charge in [0.15, 0.2) is 5.58 Å². The Morgan fingerprint density at radius 1 is 1.00 bits per heavy atom. The third-order valence-electron chi connectivity index (χ3n) is 3.99. The fraction of sp³-hybridized carbons (Fsp3) is 0.0476. The number of carbonyl (C=O) groups is 1. The van der Waals surface area contributed by atoms with E-state index < -0.39 is 0 Å². The first kappa shape index (κ1) is 17.3. The maximum atomic E-state index is 13.0. The van der Waals surface area contributed by atoms with E-state index in [2.05, 4.69) is 10.3 Å². The van der Waals surface area contributed by atoms with Crippen LogP contribution >= 0.6 is 11.8 Å². The molecule has 1 aromatic heterocycles. The average molecular weight is 378 g/mol. The summed E-state index contributed by atoms with van der Waals surface area (Å²) in [5, 5.41) is 3.35. The maximum absolute atomic E-state index is 13.0. The zero-order chi connectivity index (χ0) is 18.6. The molecule has 0 saturated carbocycles. The van der Waals surface area contributed by atoms with Gasteiger partial charge in [0, 0.05) is 17.0 Å². The molecule has 0 bridgehead atoms. The van der Waals surface area contributed by atoms with Gasteiger partial charge >= 0.3 is 0 Å². The maximum Gasteiger partial charge on any atom is 0.257 e. The van der Waals surface area contributed by atoms with Gasteiger partial charge in [0.1, 0.15) is 11.3 Å². The number of rotatable bonds is 5. The van der Waals surface area contributed by atoms with Gasteiger partial charge in [0.25, 0.3) is 11.1 Å². The molecule has 1 heterocycles. The minimum Gasteiger partial charge on any atom is -0.431 e. The molecule has 27 heavy (non-hydrogen) atoms. The van der Waals surface area contributed by atoms with E-state index in [0.717, 1.165) is 16.7 Å². The van der Waals surface area contributed by atoms with Crippen LogP contribution in [0.15, 0.2) is 82.4 Å². The number of para-hydroxylation sites is 2. The summed E-state index contributed by atoms with van der Waals surface area (Å²) >= 11 is 1.43. The van der Waals surface area contributed by atoms with Gasteiger partial charge in [-0.1, -0.05) is 42.1 Å². The van der Waals surface area contributed by atoms with Crippen molar-refractivity contribution in [2.24, 2.45) is 0 Å². The van der Waals surface area contributed by atoms with E-state index in [-0.39, 0.29) is 11.7 Å². The fourth-order valence-electron chi connectivity index (χ4n) is 2.65. The molecule has 134 valence electrons. The molecule has 0 saturated heterocycles. The molecule has 3 aromatic carbocycles. The van der Waals surface area contributed by atoms with Crippen molar-refractivity contribution in [3.05, 3.63) is 89.7 Å². The van der Waals surface area contributed by atoms with Gasteiger partial charge in [0.05, 0.1) is 0 Å². The fourth-order valence-corrected chi connectivity index (χ4v) is 3.49. The van der Waals surface area contributed by atoms with Crippen molar-refractivity contribution in [3.8, 4) is 0 Å². The van der Waals surface area contributed by atoms with Gasteiger partial charge in [-0.25, -0.2) is 9.37 Å². The number of halogens is 1. The number of nitrogens with one attached hydrogen (secondary N) is 1. The standard InChI is InChI=1S/C21H15FN2O2S/c22-15-9-11-16(12-10-15)23-20(25)17-6-2-1-5-14(17)13-27-21-24-18-7-3-4-8-19(18)26-21/h1-12H,13H2,(H,23,25). The van der Waals surface area contributed by atoms with Crippen molar-refractivity contribution in [1.82, 2.24) is 4.98 Å². The predicted molar refractivity (Wildman–Crippen MR) is 104 cm³/mol. The monoisotopic (exact) mass is 378 g/mol. The number of amides is 1. The summed E-state index contributed by atoms with van der Waals surface area (Å²) in [4.78, 5) is 17.1. The summed E-state index contributed by atoms with van der Waals surface area (Å²) in [5.74, 6) is -0.0432. The van der Waals surface area contributed by atoms with E-state index in [9.17, 15) is 9.18 Å². The lowest BCUT2D eigenvalue weighted by molar-refractivity contribution is 0.102. The second-order valence-corrected chi connectivity index (χ2v) is 6.78. The molecule has 4 aromatic rings. The van der Waals surface area contributed by atoms with Crippen LogP contribution in [0.3, 0.4) is 0 Å². The van der Waals surface area contributed by atoms with Crippen molar-refractivity contribution in [3.63, 3.8) is 0 Å². The van der Waals surface area contributed by atoms with E-state index in [0.29, 0.717) is 22.2 Å². The third kappa shape index (κ3) is 4.01. The van der Waals surface area contributed by atoms with Crippen LogP contribution in [0.1, 0.15) is 15.9 Å². The van der Waals surface area contributed by atoms with Crippen LogP contribution in [0.5, 0.6) is 0 Å². The number of hydrogen-bond donors (Lipinski definition) is 1. The summed E-state index contributed by atoms with van der Waals surface area (Å²) in [6.45, 7) is 0. The molecule has 1 N–H and O–H groups in total. The van der Waals surface area contributed by atoms with Crippen LogP contribution in [-0.2, 0) is 5.75 Å². The Kier molecular flexibility index (Phi) is 4.89. The highest BCUT2D eigenvalue weighted by Crippen LogP contribution is 2.27. The minimum absolute atomic E-state index is 0.240. The average Bonchev–Trinajstić information content (AvgIpc) is 3.11. The van der Waals surface area contributed by atoms with Crippen molar-refractivity contribution in [1.29, 1.82) is 0 Å². The molecule has 0 unspecified atom stereocenters. The number of anilines is 1. The molecule has 0 fully saturated rings. The van der Waals surface area contributed by atoms with Gasteiger partial charge in [0.2, 0.25) is 0 Å². The molecule has 0 atom stereocenters. The summed E-state index contributed by atoms with van der Waals surface area (Å²) in [6, 6.07) is 20.6. The van der Waals surface area contributed by atoms with E-state index in [4.69, 9.17) is 4.42 Å². The van der Waals surface area contributed by atoms with Gasteiger partial charge < -0.3 is 9.73 Å². The molecule has 4 nitrogen and oxygen atoms in total. The SMILES string of the molecule is O=C(Nc1ccc(F)cc1)c1ccccc1CSc1nc2ccccc2o1. The van der Waals surface area contributed by atoms with Crippen LogP contribution in [-0.4, -0.2) is 10.9 Å². The van der Waals surface area contributed by atoms with Gasteiger partial charge in [-0.2, -0.15) is 0 Å². The number of carbonyl (C=O) groups excluding carboxylic acids is 1. The Bertz CT molecular complexity index is 1060. The summed E-state index contributed by atoms with van der Waals surface area (Å²) < 4.78 is 18.7. The predicted octanol–water partition coefficient (Wildman–Crippen LogP) is 5.51. The lowest BCUT2D eigenvalue weighted by Crippen LogP contribution is -2.14. The third-order valence-corrected chi connectivity index (χ3v) is 4.87. The second kappa shape index (κ2) is 7.63. The number of oxazole rings is 1. The molecule has 1 amide bonds. The molecule has 0 aliphatic carbocycles. The first-order valence-corrected chi connectivity index (χ1v) is 9.31. The summed E-state index contributed by atoms with van der Waals surface area (Å²) in [5.41, 5.74) is 3.52. The Hall–Kier alpha value is -3.12. The number of hydrogen-bond acceptors (Lipinski definition) is 4. The number of fused-ring (bicyclic) bond motifs is 1. The van der Waals surface area contributed by atoms with Crippen molar-refractivity contribution in [2.45, 2.75) is 11.0 Å². The molecule has 4 rings (SSSR count). The van der Waals surface area contributed by atoms with Crippen LogP contribution < -0.4 is 5.32 Å². The molecular weight excluding hydrogens is 363 g/mol. The van der Waals surface area contributed by atoms with E-state index >= 15 is 0 Å². The molecule has 0 aliphatic rings. The zero-order valence-electron chi connectivity index (χ0n) is 14.2. The van der Waals surface area contributed by atoms with Crippen LogP contribution in [0.2, 0.25) is 0 Å². The van der Waals surface area contributed by atoms with Crippen molar-refractivity contribution >= 4 is 34.5 Å². The molecule has 0 aliphatic heterocycles. The van der Waals surface area contributed by atoms with Crippen molar-refractivity contribution < 1.29 is 13.6 Å². The van der Waals surface area contributed by atoms with Crippen LogP contribution in [0, 0.1) is 5.82 Å². The Labute approximate surface area is 159 Å². The summed E-state index contributed by atoms with van der Waals surface area (Å²) in [7, 11) is 0. The topological polar surface area (TPSA) is 55.1 Å². The Morgan fingerprint density at radius 3 is 2.56 bits per heavy atom. The molecular formula is C21H15FN2O2S. The van der Waals surface area contributed by atoms with E-state index in [1.54, 1.807) is 6.07 Å². The first-order valence-electron chi connectivity index (χ1n) is 8.32. The number of thioether (sulfide) groups is 1. The first-order chi connectivity index (χ1) is 13.2. The van der Waals surface area contributed by atoms with Gasteiger partial charge in [-0.15, -0.1) is 0 Å². The number of aromatic nitrogens is 1. The zero-order valence-corrected chi connectivity index (χ0v) is 15.0. The van der Waals surface area contributed by atoms with Gasteiger partial charge in [-0.3, -0.25) is 4.79 Å². The summed E-state index contributed by atoms with van der Waals surface area (Å²) in [6.07, 6.45) is 0. The Balaban J connectivity index is 1.50. The number of nitrogens with zero attached hydrogens (tertiary/aromatic N) is 1. The normalized spacial score (nSPS) is 10.9. The van der Waals surface area contributed by atoms with Crippen LogP contribution in [0.25, 0.3) is 11.1 Å². The highest BCUT2D eigenvalue weighted by Gasteiger charge is 2.13. The smallest absolute Gasteiger partial charge is 0.257 e. The second-order valence-electron chi connectivity index (χ2n) is 5.85. The lowest BCUT2D eigenvalue weighted by Gasteiger charge is -2.09. The minimum atomic E-state index is -0.344. The molecule has 0 radical (unpaired) electrons. The van der Waals surface area contributed by atoms with E-state index in [1.165, 1.54) is 36.0 Å². The number of benzene rings is 3. The highest BCUT2D eigenvalue weighted by molar-refractivity contribution is 7.98. The lowest BCUT2D eigenvalue weighted by atomic mass is 10.1. The molecule has 0 spiro atoms. The quantitative estimate of drug-likeness (QED) is 0.465. The highest BCUT2D eigenvalue weighted by atomic mass is 32.2. The van der Waals surface area contributed by atoms with Crippen molar-refractivity contribution in [2.75, 3.05) is 5.32 Å². The van der Waals surface area contributed by atoms with Crippen LogP contribution in [0.4, 0.5) is 10.1 Å². The Morgan fingerprint density at radius 2 is 1.74 bits per heavy atom. The van der Waals surface area contributed by atoms with Gasteiger partial charge in [-0.05, 0) is 48.0 Å². The molecule has 6 heteroatoms. The van der Waals surface area contributed by atoms with E-state index in [1.807, 2.05) is 42.5 Å².